The molecule has 2 nitrogen and oxygen atoms in total. The van der Waals surface area contributed by atoms with Crippen LogP contribution < -0.4 is 5.38 Å². The Morgan fingerprint density at radius 1 is 0.955 bits per heavy atom. The highest BCUT2D eigenvalue weighted by atomic mass is 28.3. The Labute approximate surface area is 136 Å². The molecule has 2 rings (SSSR count). The maximum atomic E-state index is 6.19. The number of hydrogen-bond acceptors (Lipinski definition) is 2. The minimum atomic E-state index is -1.48. The van der Waals surface area contributed by atoms with Gasteiger partial charge < -0.3 is 9.32 Å². The van der Waals surface area contributed by atoms with Crippen molar-refractivity contribution in [1.29, 1.82) is 0 Å². The van der Waals surface area contributed by atoms with Crippen LogP contribution in [0.15, 0.2) is 46.9 Å². The van der Waals surface area contributed by atoms with Crippen molar-refractivity contribution in [3.63, 3.8) is 0 Å². The highest BCUT2D eigenvalue weighted by Crippen LogP contribution is 2.21. The summed E-state index contributed by atoms with van der Waals surface area (Å²) in [7, 11) is -1.48. The number of benzene rings is 1. The minimum Gasteiger partial charge on any atom is -0.466 e. The third-order valence-electron chi connectivity index (χ3n) is 4.50. The number of hydrogen-bond donors (Lipinski definition) is 0. The van der Waals surface area contributed by atoms with E-state index in [9.17, 15) is 0 Å². The molecule has 0 saturated heterocycles. The Kier molecular flexibility index (Phi) is 6.04. The first-order valence-electron chi connectivity index (χ1n) is 8.45. The Bertz CT molecular complexity index is 558. The van der Waals surface area contributed by atoms with E-state index >= 15 is 0 Å². The van der Waals surface area contributed by atoms with Crippen molar-refractivity contribution < 1.29 is 4.42 Å². The van der Waals surface area contributed by atoms with Gasteiger partial charge in [0.05, 0.1) is 5.38 Å². The van der Waals surface area contributed by atoms with Gasteiger partial charge >= 0.3 is 0 Å². The average Bonchev–Trinajstić information content (AvgIpc) is 3.03. The topological polar surface area (TPSA) is 16.4 Å². The van der Waals surface area contributed by atoms with Crippen LogP contribution in [0.4, 0.5) is 0 Å². The summed E-state index contributed by atoms with van der Waals surface area (Å²) in [6, 6.07) is 16.0. The van der Waals surface area contributed by atoms with Crippen LogP contribution in [0.5, 0.6) is 0 Å². The molecular weight excluding hydrogens is 286 g/mol. The molecule has 1 aromatic carbocycles. The van der Waals surface area contributed by atoms with Crippen LogP contribution in [0.2, 0.25) is 19.1 Å². The van der Waals surface area contributed by atoms with Gasteiger partial charge in [0.25, 0.3) is 0 Å². The summed E-state index contributed by atoms with van der Waals surface area (Å²) in [5.74, 6) is 1.000. The Morgan fingerprint density at radius 3 is 2.27 bits per heavy atom. The lowest BCUT2D eigenvalue weighted by atomic mass is 10.2. The van der Waals surface area contributed by atoms with Crippen molar-refractivity contribution in [3.8, 4) is 11.3 Å². The van der Waals surface area contributed by atoms with E-state index in [-0.39, 0.29) is 0 Å². The number of nitrogens with zero attached hydrogens (tertiary/aromatic N) is 1. The van der Waals surface area contributed by atoms with Gasteiger partial charge in [0, 0.05) is 5.56 Å². The van der Waals surface area contributed by atoms with Crippen molar-refractivity contribution in [2.75, 3.05) is 19.6 Å². The molecule has 0 aliphatic carbocycles. The largest absolute Gasteiger partial charge is 0.466 e. The molecule has 0 radical (unpaired) electrons. The molecule has 0 saturated carbocycles. The van der Waals surface area contributed by atoms with Gasteiger partial charge in [-0.3, -0.25) is 0 Å². The van der Waals surface area contributed by atoms with Crippen molar-refractivity contribution in [2.24, 2.45) is 0 Å². The second-order valence-corrected chi connectivity index (χ2v) is 11.3. The summed E-state index contributed by atoms with van der Waals surface area (Å²) in [6.07, 6.45) is 1.27. The second kappa shape index (κ2) is 7.79. The monoisotopic (exact) mass is 315 g/mol. The SMILES string of the molecule is CCN(CC)CCC[Si](C)(C)c1ccc(-c2ccccc2)o1. The fraction of sp³-hybridized carbons (Fsp3) is 0.474. The fourth-order valence-electron chi connectivity index (χ4n) is 2.87. The van der Waals surface area contributed by atoms with Crippen LogP contribution in [0, 0.1) is 0 Å². The van der Waals surface area contributed by atoms with E-state index in [4.69, 9.17) is 4.42 Å². The minimum absolute atomic E-state index is 1.000. The van der Waals surface area contributed by atoms with Crippen LogP contribution in [-0.4, -0.2) is 32.6 Å². The first kappa shape index (κ1) is 17.0. The lowest BCUT2D eigenvalue weighted by molar-refractivity contribution is 0.304. The van der Waals surface area contributed by atoms with Crippen molar-refractivity contribution in [3.05, 3.63) is 42.5 Å². The summed E-state index contributed by atoms with van der Waals surface area (Å²) >= 11 is 0. The highest BCUT2D eigenvalue weighted by Gasteiger charge is 2.27. The predicted octanol–water partition coefficient (Wildman–Crippen LogP) is 4.59. The third-order valence-corrected chi connectivity index (χ3v) is 7.71. The van der Waals surface area contributed by atoms with E-state index in [0.29, 0.717) is 0 Å². The predicted molar refractivity (Wildman–Crippen MR) is 98.5 cm³/mol. The zero-order chi connectivity index (χ0) is 16.0. The molecule has 0 aliphatic heterocycles. The Hall–Kier alpha value is -1.32. The van der Waals surface area contributed by atoms with Crippen LogP contribution in [0.3, 0.4) is 0 Å². The van der Waals surface area contributed by atoms with E-state index < -0.39 is 8.07 Å². The van der Waals surface area contributed by atoms with Gasteiger partial charge in [-0.1, -0.05) is 57.3 Å². The van der Waals surface area contributed by atoms with Crippen LogP contribution in [0.1, 0.15) is 20.3 Å². The Morgan fingerprint density at radius 2 is 1.64 bits per heavy atom. The molecule has 2 aromatic rings. The first-order valence-corrected chi connectivity index (χ1v) is 11.7. The maximum absolute atomic E-state index is 6.19. The third kappa shape index (κ3) is 4.34. The summed E-state index contributed by atoms with van der Waals surface area (Å²) < 4.78 is 6.19. The van der Waals surface area contributed by atoms with Gasteiger partial charge in [-0.2, -0.15) is 0 Å². The molecule has 0 spiro atoms. The normalized spacial score (nSPS) is 12.0. The van der Waals surface area contributed by atoms with Gasteiger partial charge in [-0.25, -0.2) is 0 Å². The quantitative estimate of drug-likeness (QED) is 0.662. The van der Waals surface area contributed by atoms with Gasteiger partial charge in [-0.15, -0.1) is 0 Å². The lowest BCUT2D eigenvalue weighted by Crippen LogP contribution is -2.41. The number of furan rings is 1. The van der Waals surface area contributed by atoms with Crippen molar-refractivity contribution in [1.82, 2.24) is 4.90 Å². The molecule has 0 aliphatic rings. The highest BCUT2D eigenvalue weighted by molar-refractivity contribution is 6.88. The van der Waals surface area contributed by atoms with E-state index in [1.54, 1.807) is 0 Å². The molecule has 22 heavy (non-hydrogen) atoms. The summed E-state index contributed by atoms with van der Waals surface area (Å²) in [4.78, 5) is 2.50. The van der Waals surface area contributed by atoms with Crippen LogP contribution >= 0.6 is 0 Å². The molecule has 0 atom stereocenters. The van der Waals surface area contributed by atoms with Gasteiger partial charge in [0.1, 0.15) is 13.8 Å². The molecule has 0 N–H and O–H groups in total. The first-order chi connectivity index (χ1) is 10.6. The summed E-state index contributed by atoms with van der Waals surface area (Å²) in [5.41, 5.74) is 1.17. The lowest BCUT2D eigenvalue weighted by Gasteiger charge is -2.23. The summed E-state index contributed by atoms with van der Waals surface area (Å²) in [6.45, 7) is 12.8. The molecule has 0 bridgehead atoms. The maximum Gasteiger partial charge on any atom is 0.133 e. The van der Waals surface area contributed by atoms with Gasteiger partial charge in [-0.05, 0) is 44.2 Å². The van der Waals surface area contributed by atoms with E-state index in [1.807, 2.05) is 6.07 Å². The molecule has 1 heterocycles. The van der Waals surface area contributed by atoms with Crippen molar-refractivity contribution in [2.45, 2.75) is 39.4 Å². The standard InChI is InChI=1S/C19H29NOSi/c1-5-20(6-2)15-10-16-22(3,4)19-14-13-18(21-19)17-11-8-7-9-12-17/h7-9,11-14H,5-6,10,15-16H2,1-4H3. The summed E-state index contributed by atoms with van der Waals surface area (Å²) in [5, 5.41) is 1.23. The number of rotatable bonds is 8. The smallest absolute Gasteiger partial charge is 0.133 e. The van der Waals surface area contributed by atoms with Gasteiger partial charge in [0.2, 0.25) is 0 Å². The zero-order valence-electron chi connectivity index (χ0n) is 14.4. The Balaban J connectivity index is 1.99. The van der Waals surface area contributed by atoms with Gasteiger partial charge in [0.15, 0.2) is 0 Å². The molecule has 0 amide bonds. The molecule has 1 aromatic heterocycles. The molecule has 3 heteroatoms. The average molecular weight is 316 g/mol. The van der Waals surface area contributed by atoms with Crippen LogP contribution in [-0.2, 0) is 0 Å². The van der Waals surface area contributed by atoms with E-state index in [1.165, 1.54) is 30.0 Å². The molecule has 0 unspecified atom stereocenters. The molecular formula is C19H29NOSi. The van der Waals surface area contributed by atoms with Crippen LogP contribution in [0.25, 0.3) is 11.3 Å². The second-order valence-electron chi connectivity index (χ2n) is 6.54. The van der Waals surface area contributed by atoms with E-state index in [2.05, 4.69) is 68.2 Å². The molecule has 120 valence electrons. The van der Waals surface area contributed by atoms with E-state index in [0.717, 1.165) is 18.8 Å². The molecule has 0 fully saturated rings. The fourth-order valence-corrected chi connectivity index (χ4v) is 5.08. The van der Waals surface area contributed by atoms with Crippen molar-refractivity contribution >= 4 is 13.5 Å². The zero-order valence-corrected chi connectivity index (χ0v) is 15.4.